The van der Waals surface area contributed by atoms with Gasteiger partial charge in [-0.25, -0.2) is 4.79 Å². The van der Waals surface area contributed by atoms with Gasteiger partial charge in [0.2, 0.25) is 0 Å². The maximum absolute atomic E-state index is 12.9. The molecule has 2 fully saturated rings. The summed E-state index contributed by atoms with van der Waals surface area (Å²) in [7, 11) is 0. The minimum absolute atomic E-state index is 0.111. The van der Waals surface area contributed by atoms with Gasteiger partial charge < -0.3 is 15.4 Å². The molecule has 2 aliphatic heterocycles. The van der Waals surface area contributed by atoms with Crippen molar-refractivity contribution in [2.75, 3.05) is 13.2 Å². The number of urea groups is 1. The number of rotatable bonds is 5. The molecule has 4 rings (SSSR count). The van der Waals surface area contributed by atoms with Crippen molar-refractivity contribution < 1.29 is 19.1 Å². The Morgan fingerprint density at radius 3 is 2.43 bits per heavy atom. The molecule has 1 atom stereocenters. The molecule has 2 saturated heterocycles. The van der Waals surface area contributed by atoms with E-state index in [4.69, 9.17) is 4.74 Å². The Morgan fingerprint density at radius 2 is 1.77 bits per heavy atom. The van der Waals surface area contributed by atoms with E-state index in [9.17, 15) is 14.4 Å². The SMILES string of the molecule is CC(NC(=O)c1ccc(CN2C(=O)NC3(CCOCC3)C2=O)cc1)c1ccccc1. The Balaban J connectivity index is 1.39. The quantitative estimate of drug-likeness (QED) is 0.746. The zero-order chi connectivity index (χ0) is 21.1. The number of nitrogens with one attached hydrogen (secondary N) is 2. The van der Waals surface area contributed by atoms with Gasteiger partial charge in [-0.05, 0) is 30.2 Å². The predicted octanol–water partition coefficient (Wildman–Crippen LogP) is 2.78. The summed E-state index contributed by atoms with van der Waals surface area (Å²) < 4.78 is 5.32. The maximum atomic E-state index is 12.9. The second-order valence-corrected chi connectivity index (χ2v) is 7.82. The lowest BCUT2D eigenvalue weighted by molar-refractivity contribution is -0.134. The van der Waals surface area contributed by atoms with Crippen molar-refractivity contribution in [1.29, 1.82) is 0 Å². The first-order valence-corrected chi connectivity index (χ1v) is 10.2. The highest BCUT2D eigenvalue weighted by Crippen LogP contribution is 2.29. The van der Waals surface area contributed by atoms with Gasteiger partial charge in [-0.3, -0.25) is 14.5 Å². The lowest BCUT2D eigenvalue weighted by Crippen LogP contribution is -2.51. The number of benzene rings is 2. The van der Waals surface area contributed by atoms with Crippen LogP contribution in [0.1, 0.15) is 47.3 Å². The highest BCUT2D eigenvalue weighted by Gasteiger charge is 2.51. The van der Waals surface area contributed by atoms with Crippen LogP contribution in [0.2, 0.25) is 0 Å². The summed E-state index contributed by atoms with van der Waals surface area (Å²) in [4.78, 5) is 39.0. The number of nitrogens with zero attached hydrogens (tertiary/aromatic N) is 1. The smallest absolute Gasteiger partial charge is 0.325 e. The standard InChI is InChI=1S/C23H25N3O4/c1-16(18-5-3-2-4-6-18)24-20(27)19-9-7-17(8-10-19)15-26-21(28)23(25-22(26)29)11-13-30-14-12-23/h2-10,16H,11-15H2,1H3,(H,24,27)(H,25,29). The van der Waals surface area contributed by atoms with Crippen molar-refractivity contribution >= 4 is 17.8 Å². The molecule has 2 aliphatic rings. The summed E-state index contributed by atoms with van der Waals surface area (Å²) in [5.41, 5.74) is 1.51. The van der Waals surface area contributed by atoms with Crippen molar-refractivity contribution in [3.8, 4) is 0 Å². The van der Waals surface area contributed by atoms with Crippen LogP contribution in [-0.2, 0) is 16.1 Å². The first kappa shape index (κ1) is 20.1. The summed E-state index contributed by atoms with van der Waals surface area (Å²) >= 11 is 0. The number of carbonyl (C=O) groups is 3. The van der Waals surface area contributed by atoms with Gasteiger partial charge in [-0.1, -0.05) is 42.5 Å². The minimum Gasteiger partial charge on any atom is -0.381 e. The third kappa shape index (κ3) is 3.93. The molecule has 0 saturated carbocycles. The highest BCUT2D eigenvalue weighted by atomic mass is 16.5. The molecule has 2 aromatic rings. The molecule has 2 N–H and O–H groups in total. The van der Waals surface area contributed by atoms with Crippen LogP contribution in [0, 0.1) is 0 Å². The monoisotopic (exact) mass is 407 g/mol. The Labute approximate surface area is 175 Å². The van der Waals surface area contributed by atoms with Crippen molar-refractivity contribution in [3.63, 3.8) is 0 Å². The normalized spacial score (nSPS) is 18.9. The lowest BCUT2D eigenvalue weighted by Gasteiger charge is -2.30. The van der Waals surface area contributed by atoms with Crippen LogP contribution in [0.5, 0.6) is 0 Å². The molecule has 0 radical (unpaired) electrons. The van der Waals surface area contributed by atoms with Gasteiger partial charge in [-0.15, -0.1) is 0 Å². The molecule has 1 spiro atoms. The number of imide groups is 1. The van der Waals surface area contributed by atoms with Gasteiger partial charge in [0, 0.05) is 31.6 Å². The van der Waals surface area contributed by atoms with Gasteiger partial charge in [0.1, 0.15) is 5.54 Å². The Kier molecular flexibility index (Phi) is 5.55. The van der Waals surface area contributed by atoms with E-state index in [0.29, 0.717) is 31.6 Å². The summed E-state index contributed by atoms with van der Waals surface area (Å²) in [5, 5.41) is 5.83. The molecule has 0 bridgehead atoms. The van der Waals surface area contributed by atoms with Gasteiger partial charge in [0.25, 0.3) is 11.8 Å². The summed E-state index contributed by atoms with van der Waals surface area (Å²) in [6.07, 6.45) is 0.986. The molecular formula is C23H25N3O4. The summed E-state index contributed by atoms with van der Waals surface area (Å²) in [5.74, 6) is -0.372. The number of hydrogen-bond donors (Lipinski definition) is 2. The van der Waals surface area contributed by atoms with Crippen LogP contribution in [0.15, 0.2) is 54.6 Å². The number of carbonyl (C=O) groups excluding carboxylic acids is 3. The molecule has 7 heteroatoms. The zero-order valence-electron chi connectivity index (χ0n) is 16.9. The largest absolute Gasteiger partial charge is 0.381 e. The number of ether oxygens (including phenoxy) is 1. The number of amides is 4. The topological polar surface area (TPSA) is 87.7 Å². The second kappa shape index (κ2) is 8.28. The van der Waals surface area contributed by atoms with Crippen LogP contribution in [-0.4, -0.2) is 41.5 Å². The van der Waals surface area contributed by atoms with Crippen LogP contribution >= 0.6 is 0 Å². The zero-order valence-corrected chi connectivity index (χ0v) is 16.9. The predicted molar refractivity (Wildman–Crippen MR) is 111 cm³/mol. The van der Waals surface area contributed by atoms with E-state index in [2.05, 4.69) is 10.6 Å². The molecule has 156 valence electrons. The molecule has 7 nitrogen and oxygen atoms in total. The molecule has 1 unspecified atom stereocenters. The van der Waals surface area contributed by atoms with Gasteiger partial charge in [0.15, 0.2) is 0 Å². The molecule has 4 amide bonds. The van der Waals surface area contributed by atoms with E-state index >= 15 is 0 Å². The third-order valence-electron chi connectivity index (χ3n) is 5.80. The van der Waals surface area contributed by atoms with E-state index < -0.39 is 5.54 Å². The van der Waals surface area contributed by atoms with Gasteiger partial charge >= 0.3 is 6.03 Å². The lowest BCUT2D eigenvalue weighted by atomic mass is 9.90. The molecule has 0 aromatic heterocycles. The number of hydrogen-bond acceptors (Lipinski definition) is 4. The van der Waals surface area contributed by atoms with Crippen molar-refractivity contribution in [1.82, 2.24) is 15.5 Å². The first-order valence-electron chi connectivity index (χ1n) is 10.2. The Morgan fingerprint density at radius 1 is 1.10 bits per heavy atom. The van der Waals surface area contributed by atoms with Gasteiger partial charge in [0.05, 0.1) is 12.6 Å². The first-order chi connectivity index (χ1) is 14.5. The third-order valence-corrected chi connectivity index (χ3v) is 5.80. The molecular weight excluding hydrogens is 382 g/mol. The van der Waals surface area contributed by atoms with E-state index in [1.165, 1.54) is 4.90 Å². The average molecular weight is 407 g/mol. The fourth-order valence-corrected chi connectivity index (χ4v) is 3.93. The molecule has 2 heterocycles. The molecule has 30 heavy (non-hydrogen) atoms. The Bertz CT molecular complexity index is 937. The van der Waals surface area contributed by atoms with E-state index in [-0.39, 0.29) is 30.4 Å². The Hall–Kier alpha value is -3.19. The maximum Gasteiger partial charge on any atom is 0.325 e. The van der Waals surface area contributed by atoms with E-state index in [1.807, 2.05) is 37.3 Å². The van der Waals surface area contributed by atoms with Crippen molar-refractivity contribution in [3.05, 3.63) is 71.3 Å². The summed E-state index contributed by atoms with van der Waals surface area (Å²) in [6.45, 7) is 3.04. The van der Waals surface area contributed by atoms with E-state index in [1.54, 1.807) is 24.3 Å². The van der Waals surface area contributed by atoms with Crippen LogP contribution in [0.4, 0.5) is 4.79 Å². The van der Waals surface area contributed by atoms with E-state index in [0.717, 1.165) is 11.1 Å². The second-order valence-electron chi connectivity index (χ2n) is 7.82. The molecule has 2 aromatic carbocycles. The fourth-order valence-electron chi connectivity index (χ4n) is 3.93. The highest BCUT2D eigenvalue weighted by molar-refractivity contribution is 6.07. The van der Waals surface area contributed by atoms with Crippen molar-refractivity contribution in [2.45, 2.75) is 37.9 Å². The minimum atomic E-state index is -0.831. The fraction of sp³-hybridized carbons (Fsp3) is 0.348. The molecule has 0 aliphatic carbocycles. The van der Waals surface area contributed by atoms with Crippen LogP contribution < -0.4 is 10.6 Å². The summed E-state index contributed by atoms with van der Waals surface area (Å²) in [6, 6.07) is 16.2. The van der Waals surface area contributed by atoms with Crippen LogP contribution in [0.25, 0.3) is 0 Å². The van der Waals surface area contributed by atoms with Gasteiger partial charge in [-0.2, -0.15) is 0 Å². The van der Waals surface area contributed by atoms with Crippen LogP contribution in [0.3, 0.4) is 0 Å². The van der Waals surface area contributed by atoms with Crippen molar-refractivity contribution in [2.24, 2.45) is 0 Å². The average Bonchev–Trinajstić information content (AvgIpc) is 2.99.